The van der Waals surface area contributed by atoms with Crippen molar-refractivity contribution in [1.82, 2.24) is 10.3 Å². The minimum atomic E-state index is -4.44. The van der Waals surface area contributed by atoms with Gasteiger partial charge >= 0.3 is 12.1 Å². The van der Waals surface area contributed by atoms with E-state index in [1.165, 1.54) is 23.9 Å². The smallest absolute Gasteiger partial charge is 0.416 e. The molecule has 0 unspecified atom stereocenters. The number of fused-ring (bicyclic) bond motifs is 1. The number of hydrogen-bond donors (Lipinski definition) is 3. The lowest BCUT2D eigenvalue weighted by molar-refractivity contribution is -0.236. The van der Waals surface area contributed by atoms with Crippen molar-refractivity contribution in [2.24, 2.45) is 10.8 Å². The Hall–Kier alpha value is -4.23. The number of alkyl halides is 3. The predicted molar refractivity (Wildman–Crippen MR) is 150 cm³/mol. The zero-order chi connectivity index (χ0) is 29.5. The number of nitrogens with one attached hydrogen (secondary N) is 2. The number of H-pyrrole nitrogens is 1. The highest BCUT2D eigenvalue weighted by Gasteiger charge is 2.81. The average molecular weight is 588 g/mol. The topological polar surface area (TPSA) is 106 Å². The minimum Gasteiger partial charge on any atom is -0.481 e. The van der Waals surface area contributed by atoms with Crippen LogP contribution in [-0.4, -0.2) is 27.5 Å². The van der Waals surface area contributed by atoms with Crippen LogP contribution in [0.25, 0.3) is 22.0 Å². The van der Waals surface area contributed by atoms with Crippen molar-refractivity contribution in [3.05, 3.63) is 83.6 Å². The fourth-order valence-corrected chi connectivity index (χ4v) is 8.00. The monoisotopic (exact) mass is 587 g/mol. The quantitative estimate of drug-likeness (QED) is 0.209. The number of hydrogen-bond acceptors (Lipinski definition) is 4. The largest absolute Gasteiger partial charge is 0.481 e. The second-order valence-electron chi connectivity index (χ2n) is 11.8. The first kappa shape index (κ1) is 26.7. The van der Waals surface area contributed by atoms with Crippen LogP contribution in [0.3, 0.4) is 0 Å². The molecule has 4 aromatic rings. The molecule has 0 saturated heterocycles. The average Bonchev–Trinajstić information content (AvgIpc) is 3.56. The fourth-order valence-electron chi connectivity index (χ4n) is 7.04. The van der Waals surface area contributed by atoms with Gasteiger partial charge in [-0.1, -0.05) is 30.0 Å². The molecule has 0 aliphatic heterocycles. The zero-order valence-electron chi connectivity index (χ0n) is 22.1. The molecule has 2 bridgehead atoms. The summed E-state index contributed by atoms with van der Waals surface area (Å²) in [5.41, 5.74) is 1.18. The van der Waals surface area contributed by atoms with Gasteiger partial charge in [-0.2, -0.15) is 18.4 Å². The number of benzene rings is 3. The number of carbonyl (C=O) groups excluding carboxylic acids is 1. The molecule has 4 saturated carbocycles. The number of aromatic nitrogens is 1. The molecule has 42 heavy (non-hydrogen) atoms. The van der Waals surface area contributed by atoms with Gasteiger partial charge in [-0.25, -0.2) is 0 Å². The number of nitriles is 1. The maximum absolute atomic E-state index is 13.9. The fraction of sp³-hybridized carbons (Fsp3) is 0.281. The van der Waals surface area contributed by atoms with Crippen molar-refractivity contribution in [2.75, 3.05) is 0 Å². The lowest BCUT2D eigenvalue weighted by Crippen LogP contribution is -2.73. The number of carbonyl (C=O) groups is 2. The van der Waals surface area contributed by atoms with E-state index < -0.39 is 28.7 Å². The lowest BCUT2D eigenvalue weighted by atomic mass is 9.32. The highest BCUT2D eigenvalue weighted by Crippen LogP contribution is 2.81. The molecule has 6 nitrogen and oxygen atoms in total. The van der Waals surface area contributed by atoms with Crippen LogP contribution in [0.1, 0.15) is 53.6 Å². The Bertz CT molecular complexity index is 1810. The van der Waals surface area contributed by atoms with E-state index in [-0.39, 0.29) is 11.3 Å². The Morgan fingerprint density at radius 3 is 2.36 bits per heavy atom. The first-order valence-electron chi connectivity index (χ1n) is 13.5. The number of nitrogens with zero attached hydrogens (tertiary/aromatic N) is 1. The second kappa shape index (κ2) is 8.88. The van der Waals surface area contributed by atoms with Crippen LogP contribution in [0.15, 0.2) is 76.7 Å². The van der Waals surface area contributed by atoms with Crippen molar-refractivity contribution < 1.29 is 27.9 Å². The Morgan fingerprint density at radius 2 is 1.74 bits per heavy atom. The summed E-state index contributed by atoms with van der Waals surface area (Å²) in [5, 5.41) is 22.9. The number of aromatic amines is 1. The van der Waals surface area contributed by atoms with Gasteiger partial charge in [-0.15, -0.1) is 0 Å². The van der Waals surface area contributed by atoms with E-state index >= 15 is 0 Å². The molecule has 3 N–H and O–H groups in total. The third-order valence-corrected chi connectivity index (χ3v) is 10.4. The van der Waals surface area contributed by atoms with Crippen molar-refractivity contribution in [3.63, 3.8) is 0 Å². The molecule has 0 atom stereocenters. The summed E-state index contributed by atoms with van der Waals surface area (Å²) in [7, 11) is 0. The van der Waals surface area contributed by atoms with Crippen LogP contribution in [0.5, 0.6) is 0 Å². The van der Waals surface area contributed by atoms with Gasteiger partial charge in [0.05, 0.1) is 28.1 Å². The normalized spacial score (nSPS) is 23.4. The van der Waals surface area contributed by atoms with E-state index in [9.17, 15) is 33.1 Å². The first-order valence-corrected chi connectivity index (χ1v) is 14.4. The van der Waals surface area contributed by atoms with Gasteiger partial charge < -0.3 is 15.4 Å². The van der Waals surface area contributed by atoms with Crippen molar-refractivity contribution in [3.8, 4) is 17.2 Å². The number of carboxylic acids is 1. The summed E-state index contributed by atoms with van der Waals surface area (Å²) in [6, 6.07) is 17.7. The number of halogens is 3. The molecule has 1 amide bonds. The molecule has 10 heteroatoms. The van der Waals surface area contributed by atoms with E-state index in [0.29, 0.717) is 51.1 Å². The maximum Gasteiger partial charge on any atom is 0.416 e. The standard InChI is InChI=1S/C32H24F3N3O3S/c33-32(34,35)20-4-6-21(7-5-20)42-24-14-37-26-22(19-3-1-2-18(12-19)13-36)8-9-23(25(24)26)27(39)38-31(10-11-31)30-15-29(16-30,17-30)28(40)41/h1-9,12,14,37H,10-11,15-17H2,(H,38,39)(H,40,41). The first-order chi connectivity index (χ1) is 20.0. The Morgan fingerprint density at radius 1 is 1.02 bits per heavy atom. The highest BCUT2D eigenvalue weighted by molar-refractivity contribution is 7.99. The Balaban J connectivity index is 1.26. The van der Waals surface area contributed by atoms with Gasteiger partial charge in [0.15, 0.2) is 0 Å². The SMILES string of the molecule is N#Cc1cccc(-c2ccc(C(=O)NC3(C45CC(C(=O)O)(C4)C5)CC3)c3c(Sc4ccc(C(F)(F)F)cc4)c[nH]c23)c1. The zero-order valence-corrected chi connectivity index (χ0v) is 23.0. The molecule has 1 heterocycles. The van der Waals surface area contributed by atoms with Gasteiger partial charge in [0.1, 0.15) is 0 Å². The van der Waals surface area contributed by atoms with E-state index in [2.05, 4.69) is 16.4 Å². The van der Waals surface area contributed by atoms with Gasteiger partial charge in [-0.3, -0.25) is 9.59 Å². The molecule has 3 aromatic carbocycles. The van der Waals surface area contributed by atoms with Crippen LogP contribution < -0.4 is 5.32 Å². The number of aliphatic carboxylic acids is 1. The highest BCUT2D eigenvalue weighted by atomic mass is 32.2. The van der Waals surface area contributed by atoms with E-state index in [4.69, 9.17) is 0 Å². The van der Waals surface area contributed by atoms with E-state index in [0.717, 1.165) is 36.1 Å². The molecule has 4 fully saturated rings. The summed E-state index contributed by atoms with van der Waals surface area (Å²) in [5.74, 6) is -1.03. The second-order valence-corrected chi connectivity index (χ2v) is 12.9. The van der Waals surface area contributed by atoms with Crippen LogP contribution in [0.2, 0.25) is 0 Å². The van der Waals surface area contributed by atoms with Gasteiger partial charge in [0, 0.05) is 38.0 Å². The predicted octanol–water partition coefficient (Wildman–Crippen LogP) is 7.39. The molecule has 1 aromatic heterocycles. The molecular formula is C32H24F3N3O3S. The maximum atomic E-state index is 13.9. The Kier molecular flexibility index (Phi) is 5.64. The lowest BCUT2D eigenvalue weighted by Gasteiger charge is -2.71. The third kappa shape index (κ3) is 3.94. The van der Waals surface area contributed by atoms with E-state index in [1.54, 1.807) is 30.5 Å². The summed E-state index contributed by atoms with van der Waals surface area (Å²) >= 11 is 1.26. The van der Waals surface area contributed by atoms with Crippen LogP contribution in [-0.2, 0) is 11.0 Å². The van der Waals surface area contributed by atoms with Crippen molar-refractivity contribution >= 4 is 34.5 Å². The molecular weight excluding hydrogens is 563 g/mol. The number of rotatable bonds is 7. The Labute approximate surface area is 242 Å². The summed E-state index contributed by atoms with van der Waals surface area (Å²) in [4.78, 5) is 30.1. The van der Waals surface area contributed by atoms with Crippen LogP contribution >= 0.6 is 11.8 Å². The molecule has 8 rings (SSSR count). The molecule has 0 radical (unpaired) electrons. The number of carboxylic acid groups (broad SMARTS) is 1. The molecule has 212 valence electrons. The number of amides is 1. The van der Waals surface area contributed by atoms with Crippen LogP contribution in [0, 0.1) is 22.2 Å². The minimum absolute atomic E-state index is 0.173. The van der Waals surface area contributed by atoms with Crippen molar-refractivity contribution in [1.29, 1.82) is 5.26 Å². The summed E-state index contributed by atoms with van der Waals surface area (Å²) in [6.45, 7) is 0. The molecule has 4 aliphatic rings. The van der Waals surface area contributed by atoms with Gasteiger partial charge in [0.2, 0.25) is 0 Å². The van der Waals surface area contributed by atoms with Crippen LogP contribution in [0.4, 0.5) is 13.2 Å². The molecule has 4 aliphatic carbocycles. The summed E-state index contributed by atoms with van der Waals surface area (Å²) in [6.07, 6.45) is 0.653. The third-order valence-electron chi connectivity index (χ3n) is 9.36. The van der Waals surface area contributed by atoms with Crippen molar-refractivity contribution in [2.45, 2.75) is 53.6 Å². The molecule has 0 spiro atoms. The van der Waals surface area contributed by atoms with Gasteiger partial charge in [0.25, 0.3) is 5.91 Å². The van der Waals surface area contributed by atoms with E-state index in [1.807, 2.05) is 12.1 Å². The van der Waals surface area contributed by atoms with Gasteiger partial charge in [-0.05, 0) is 85.5 Å². The summed E-state index contributed by atoms with van der Waals surface area (Å²) < 4.78 is 39.4.